The van der Waals surface area contributed by atoms with E-state index < -0.39 is 8.07 Å². The Morgan fingerprint density at radius 3 is 1.53 bits per heavy atom. The van der Waals surface area contributed by atoms with E-state index in [1.54, 1.807) is 0 Å². The van der Waals surface area contributed by atoms with Gasteiger partial charge in [0.1, 0.15) is 5.65 Å². The topological polar surface area (TPSA) is 21.1 Å². The fourth-order valence-electron chi connectivity index (χ4n) is 7.55. The average Bonchev–Trinajstić information content (AvgIpc) is 3.46. The molecular weight excluding hydrogens is 563 g/mol. The van der Waals surface area contributed by atoms with Crippen LogP contribution in [0.1, 0.15) is 0 Å². The van der Waals surface area contributed by atoms with Crippen LogP contribution in [0.4, 0.5) is 17.1 Å². The normalized spacial score (nSPS) is 13.5. The lowest BCUT2D eigenvalue weighted by atomic mass is 10.1. The summed E-state index contributed by atoms with van der Waals surface area (Å²) in [4.78, 5) is 7.41. The number of hydrogen-bond acceptors (Lipinski definition) is 2. The molecule has 0 radical (unpaired) electrons. The van der Waals surface area contributed by atoms with E-state index in [4.69, 9.17) is 4.98 Å². The molecule has 1 aliphatic heterocycles. The highest BCUT2D eigenvalue weighted by atomic mass is 28.3. The summed E-state index contributed by atoms with van der Waals surface area (Å²) >= 11 is 0. The maximum Gasteiger partial charge on any atom is 0.184 e. The van der Waals surface area contributed by atoms with Crippen LogP contribution in [-0.2, 0) is 0 Å². The summed E-state index contributed by atoms with van der Waals surface area (Å²) in [7, 11) is -2.68. The van der Waals surface area contributed by atoms with E-state index >= 15 is 0 Å². The molecule has 0 spiro atoms. The van der Waals surface area contributed by atoms with Crippen molar-refractivity contribution >= 4 is 67.8 Å². The first-order valence-corrected chi connectivity index (χ1v) is 17.4. The van der Waals surface area contributed by atoms with Crippen LogP contribution in [0, 0.1) is 0 Å². The summed E-state index contributed by atoms with van der Waals surface area (Å²) in [6.45, 7) is 0. The first-order chi connectivity index (χ1) is 22.4. The van der Waals surface area contributed by atoms with Gasteiger partial charge in [0.15, 0.2) is 8.07 Å². The minimum absolute atomic E-state index is 0.960. The van der Waals surface area contributed by atoms with Crippen molar-refractivity contribution in [3.8, 4) is 5.69 Å². The van der Waals surface area contributed by atoms with Crippen LogP contribution in [0.25, 0.3) is 27.6 Å². The zero-order valence-corrected chi connectivity index (χ0v) is 25.6. The second-order valence-electron chi connectivity index (χ2n) is 11.6. The number of para-hydroxylation sites is 5. The van der Waals surface area contributed by atoms with Crippen LogP contribution in [0.2, 0.25) is 0 Å². The summed E-state index contributed by atoms with van der Waals surface area (Å²) in [5.41, 5.74) is 6.76. The van der Waals surface area contributed by atoms with Crippen molar-refractivity contribution in [3.05, 3.63) is 176 Å². The van der Waals surface area contributed by atoms with Crippen LogP contribution in [-0.4, -0.2) is 17.6 Å². The summed E-state index contributed by atoms with van der Waals surface area (Å²) < 4.78 is 2.33. The van der Waals surface area contributed by atoms with E-state index in [1.165, 1.54) is 37.5 Å². The highest BCUT2D eigenvalue weighted by Gasteiger charge is 2.48. The molecule has 45 heavy (non-hydrogen) atoms. The van der Waals surface area contributed by atoms with Crippen molar-refractivity contribution < 1.29 is 0 Å². The lowest BCUT2D eigenvalue weighted by Gasteiger charge is -2.45. The third-order valence-electron chi connectivity index (χ3n) is 9.31. The molecule has 0 aliphatic carbocycles. The summed E-state index contributed by atoms with van der Waals surface area (Å²) in [6, 6.07) is 62.1. The average molecular weight is 592 g/mol. The molecule has 2 aromatic heterocycles. The van der Waals surface area contributed by atoms with E-state index in [0.29, 0.717) is 0 Å². The minimum atomic E-state index is -2.68. The van der Waals surface area contributed by atoms with E-state index in [0.717, 1.165) is 27.9 Å². The maximum atomic E-state index is 4.92. The van der Waals surface area contributed by atoms with Gasteiger partial charge in [-0.05, 0) is 63.2 Å². The fourth-order valence-corrected chi connectivity index (χ4v) is 12.7. The van der Waals surface area contributed by atoms with Gasteiger partial charge in [-0.3, -0.25) is 4.57 Å². The van der Waals surface area contributed by atoms with Gasteiger partial charge < -0.3 is 4.90 Å². The number of fused-ring (bicyclic) bond motifs is 5. The SMILES string of the molecule is c1ccc([Si]2(c3ccccc3)c3ccccc3N(c3ccccc3-n3c4ccccc4c4cccnc43)c3ccccc32)cc1. The maximum absolute atomic E-state index is 4.92. The molecule has 0 amide bonds. The molecule has 3 nitrogen and oxygen atoms in total. The van der Waals surface area contributed by atoms with Gasteiger partial charge in [0, 0.05) is 28.3 Å². The molecule has 3 heterocycles. The van der Waals surface area contributed by atoms with Crippen molar-refractivity contribution in [3.63, 3.8) is 0 Å². The third kappa shape index (κ3) is 3.66. The molecule has 0 bridgehead atoms. The van der Waals surface area contributed by atoms with Gasteiger partial charge >= 0.3 is 0 Å². The van der Waals surface area contributed by atoms with Gasteiger partial charge in [0.05, 0.1) is 16.9 Å². The molecule has 8 aromatic rings. The largest absolute Gasteiger partial charge is 0.309 e. The highest BCUT2D eigenvalue weighted by molar-refractivity contribution is 7.21. The van der Waals surface area contributed by atoms with Crippen LogP contribution in [0.3, 0.4) is 0 Å². The number of hydrogen-bond donors (Lipinski definition) is 0. The van der Waals surface area contributed by atoms with Crippen molar-refractivity contribution in [2.75, 3.05) is 4.90 Å². The Morgan fingerprint density at radius 1 is 0.400 bits per heavy atom. The lowest BCUT2D eigenvalue weighted by Crippen LogP contribution is -2.77. The molecular formula is C41H29N3Si. The minimum Gasteiger partial charge on any atom is -0.309 e. The monoisotopic (exact) mass is 591 g/mol. The lowest BCUT2D eigenvalue weighted by molar-refractivity contribution is 1.12. The molecule has 0 saturated carbocycles. The molecule has 212 valence electrons. The second kappa shape index (κ2) is 10.2. The summed E-state index contributed by atoms with van der Waals surface area (Å²) in [6.07, 6.45) is 1.89. The standard InChI is InChI=1S/C41H29N3Si/c1-3-16-30(17-4-1)45(31-18-5-2-6-19-31)39-27-13-11-25-37(39)43(38-26-12-14-28-40(38)45)35-23-9-10-24-36(35)44-34-22-8-7-20-32(34)33-21-15-29-42-41(33)44/h1-29H. The van der Waals surface area contributed by atoms with Gasteiger partial charge in [0.25, 0.3) is 0 Å². The molecule has 9 rings (SSSR count). The summed E-state index contributed by atoms with van der Waals surface area (Å²) in [5.74, 6) is 0. The van der Waals surface area contributed by atoms with Crippen LogP contribution >= 0.6 is 0 Å². The van der Waals surface area contributed by atoms with Gasteiger partial charge in [-0.25, -0.2) is 4.98 Å². The first-order valence-electron chi connectivity index (χ1n) is 15.4. The number of rotatable bonds is 4. The van der Waals surface area contributed by atoms with Crippen LogP contribution < -0.4 is 25.6 Å². The predicted octanol–water partition coefficient (Wildman–Crippen LogP) is 7.34. The van der Waals surface area contributed by atoms with Gasteiger partial charge in [-0.15, -0.1) is 0 Å². The Kier molecular flexibility index (Phi) is 5.83. The Labute approximate surface area is 263 Å². The van der Waals surface area contributed by atoms with Crippen molar-refractivity contribution in [2.45, 2.75) is 0 Å². The quantitative estimate of drug-likeness (QED) is 0.200. The Morgan fingerprint density at radius 2 is 0.889 bits per heavy atom. The molecule has 0 fully saturated rings. The highest BCUT2D eigenvalue weighted by Crippen LogP contribution is 2.42. The van der Waals surface area contributed by atoms with Gasteiger partial charge in [0.2, 0.25) is 0 Å². The molecule has 0 saturated heterocycles. The van der Waals surface area contributed by atoms with E-state index in [-0.39, 0.29) is 0 Å². The van der Waals surface area contributed by atoms with Gasteiger partial charge in [-0.1, -0.05) is 127 Å². The predicted molar refractivity (Wildman–Crippen MR) is 190 cm³/mol. The van der Waals surface area contributed by atoms with Gasteiger partial charge in [-0.2, -0.15) is 0 Å². The van der Waals surface area contributed by atoms with Crippen molar-refractivity contribution in [2.24, 2.45) is 0 Å². The van der Waals surface area contributed by atoms with E-state index in [9.17, 15) is 0 Å². The third-order valence-corrected chi connectivity index (χ3v) is 14.2. The molecule has 0 N–H and O–H groups in total. The zero-order chi connectivity index (χ0) is 29.8. The number of anilines is 3. The Balaban J connectivity index is 1.39. The number of aromatic nitrogens is 2. The number of pyridine rings is 1. The molecule has 1 aliphatic rings. The Hall–Kier alpha value is -5.71. The molecule has 0 atom stereocenters. The first kappa shape index (κ1) is 25.8. The van der Waals surface area contributed by atoms with E-state index in [2.05, 4.69) is 173 Å². The van der Waals surface area contributed by atoms with Crippen molar-refractivity contribution in [1.29, 1.82) is 0 Å². The number of nitrogens with zero attached hydrogens (tertiary/aromatic N) is 3. The fraction of sp³-hybridized carbons (Fsp3) is 0. The summed E-state index contributed by atoms with van der Waals surface area (Å²) in [5, 5.41) is 7.90. The zero-order valence-electron chi connectivity index (χ0n) is 24.6. The second-order valence-corrected chi connectivity index (χ2v) is 15.3. The Bertz CT molecular complexity index is 2200. The molecule has 0 unspecified atom stereocenters. The number of benzene rings is 6. The molecule has 6 aromatic carbocycles. The van der Waals surface area contributed by atoms with E-state index in [1.807, 2.05) is 12.3 Å². The van der Waals surface area contributed by atoms with Crippen molar-refractivity contribution in [1.82, 2.24) is 9.55 Å². The van der Waals surface area contributed by atoms with Crippen LogP contribution in [0.5, 0.6) is 0 Å². The smallest absolute Gasteiger partial charge is 0.184 e. The van der Waals surface area contributed by atoms with Crippen LogP contribution in [0.15, 0.2) is 176 Å². The molecule has 4 heteroatoms.